The van der Waals surface area contributed by atoms with Crippen molar-refractivity contribution >= 4 is 16.1 Å². The molecule has 0 radical (unpaired) electrons. The van der Waals surface area contributed by atoms with E-state index in [-0.39, 0.29) is 17.5 Å². The van der Waals surface area contributed by atoms with Gasteiger partial charge in [-0.15, -0.1) is 6.42 Å². The SMILES string of the molecule is C#C/C(C)=C\C(C)N(C/C=C/c1ccccc1)S(=O)(=O)c1ccc(C)cc1. The highest BCUT2D eigenvalue weighted by atomic mass is 32.2. The molecule has 0 N–H and O–H groups in total. The van der Waals surface area contributed by atoms with E-state index in [9.17, 15) is 8.42 Å². The second-order valence-corrected chi connectivity index (χ2v) is 8.33. The van der Waals surface area contributed by atoms with Crippen molar-refractivity contribution in [3.63, 3.8) is 0 Å². The minimum atomic E-state index is -3.66. The van der Waals surface area contributed by atoms with E-state index in [4.69, 9.17) is 6.42 Å². The number of nitrogens with zero attached hydrogens (tertiary/aromatic N) is 1. The molecule has 2 aromatic rings. The Bertz CT molecular complexity index is 950. The van der Waals surface area contributed by atoms with Gasteiger partial charge < -0.3 is 0 Å². The van der Waals surface area contributed by atoms with Crippen molar-refractivity contribution in [2.24, 2.45) is 0 Å². The van der Waals surface area contributed by atoms with E-state index in [2.05, 4.69) is 5.92 Å². The summed E-state index contributed by atoms with van der Waals surface area (Å²) in [6, 6.07) is 16.3. The molecule has 4 heteroatoms. The van der Waals surface area contributed by atoms with Crippen molar-refractivity contribution in [3.8, 4) is 12.3 Å². The number of sulfonamides is 1. The second kappa shape index (κ2) is 9.36. The summed E-state index contributed by atoms with van der Waals surface area (Å²) in [4.78, 5) is 0.278. The van der Waals surface area contributed by atoms with Crippen molar-refractivity contribution in [1.82, 2.24) is 4.31 Å². The summed E-state index contributed by atoms with van der Waals surface area (Å²) in [5.74, 6) is 2.55. The Balaban J connectivity index is 2.35. The van der Waals surface area contributed by atoms with Gasteiger partial charge in [-0.1, -0.05) is 72.2 Å². The highest BCUT2D eigenvalue weighted by Gasteiger charge is 2.27. The van der Waals surface area contributed by atoms with Crippen LogP contribution in [0.3, 0.4) is 0 Å². The second-order valence-electron chi connectivity index (χ2n) is 6.44. The summed E-state index contributed by atoms with van der Waals surface area (Å²) in [5.41, 5.74) is 2.74. The molecule has 0 bridgehead atoms. The predicted molar refractivity (Wildman–Crippen MR) is 113 cm³/mol. The first kappa shape index (κ1) is 20.7. The molecule has 1 atom stereocenters. The fourth-order valence-corrected chi connectivity index (χ4v) is 4.21. The minimum absolute atomic E-state index is 0.251. The third-order valence-electron chi connectivity index (χ3n) is 4.20. The largest absolute Gasteiger partial charge is 0.243 e. The van der Waals surface area contributed by atoms with Gasteiger partial charge in [-0.3, -0.25) is 0 Å². The zero-order chi connectivity index (χ0) is 19.9. The standard InChI is InChI=1S/C23H25NO2S/c1-5-19(2)18-21(4)24(17-9-12-22-10-7-6-8-11-22)27(25,26)23-15-13-20(3)14-16-23/h1,6-16,18,21H,17H2,2-4H3/b12-9+,19-18-. The van der Waals surface area contributed by atoms with Crippen LogP contribution in [0.1, 0.15) is 25.0 Å². The fraction of sp³-hybridized carbons (Fsp3) is 0.217. The molecular weight excluding hydrogens is 354 g/mol. The van der Waals surface area contributed by atoms with E-state index in [0.717, 1.165) is 11.1 Å². The lowest BCUT2D eigenvalue weighted by atomic mass is 10.2. The van der Waals surface area contributed by atoms with Gasteiger partial charge in [0.25, 0.3) is 0 Å². The quantitative estimate of drug-likeness (QED) is 0.656. The van der Waals surface area contributed by atoms with Crippen LogP contribution in [-0.2, 0) is 10.0 Å². The first-order valence-corrected chi connectivity index (χ1v) is 10.2. The van der Waals surface area contributed by atoms with Gasteiger partial charge >= 0.3 is 0 Å². The molecule has 0 fully saturated rings. The molecule has 140 valence electrons. The molecule has 3 nitrogen and oxygen atoms in total. The van der Waals surface area contributed by atoms with Gasteiger partial charge in [-0.2, -0.15) is 4.31 Å². The Hall–Kier alpha value is -2.61. The smallest absolute Gasteiger partial charge is 0.207 e. The van der Waals surface area contributed by atoms with Crippen LogP contribution >= 0.6 is 0 Å². The van der Waals surface area contributed by atoms with E-state index >= 15 is 0 Å². The van der Waals surface area contributed by atoms with E-state index in [1.54, 1.807) is 37.3 Å². The summed E-state index contributed by atoms with van der Waals surface area (Å²) < 4.78 is 27.9. The number of allylic oxidation sites excluding steroid dienone is 1. The molecule has 0 aliphatic carbocycles. The van der Waals surface area contributed by atoms with E-state index in [1.807, 2.05) is 56.3 Å². The number of hydrogen-bond donors (Lipinski definition) is 0. The molecule has 0 heterocycles. The third kappa shape index (κ3) is 5.68. The van der Waals surface area contributed by atoms with Crippen LogP contribution in [0.2, 0.25) is 0 Å². The zero-order valence-electron chi connectivity index (χ0n) is 16.0. The van der Waals surface area contributed by atoms with Gasteiger partial charge in [0.2, 0.25) is 10.0 Å². The maximum atomic E-state index is 13.2. The molecule has 1 unspecified atom stereocenters. The Morgan fingerprint density at radius 1 is 1.15 bits per heavy atom. The van der Waals surface area contributed by atoms with Crippen LogP contribution in [0.4, 0.5) is 0 Å². The molecule has 2 aromatic carbocycles. The first-order chi connectivity index (χ1) is 12.8. The average molecular weight is 380 g/mol. The van der Waals surface area contributed by atoms with Crippen molar-refractivity contribution in [3.05, 3.63) is 83.4 Å². The molecule has 2 rings (SSSR count). The van der Waals surface area contributed by atoms with Crippen LogP contribution in [0.5, 0.6) is 0 Å². The number of hydrogen-bond acceptors (Lipinski definition) is 2. The number of aryl methyl sites for hydroxylation is 1. The van der Waals surface area contributed by atoms with E-state index in [1.165, 1.54) is 4.31 Å². The predicted octanol–water partition coefficient (Wildman–Crippen LogP) is 4.67. The van der Waals surface area contributed by atoms with Gasteiger partial charge in [-0.05, 0) is 44.0 Å². The Kier molecular flexibility index (Phi) is 7.18. The van der Waals surface area contributed by atoms with Crippen LogP contribution in [-0.4, -0.2) is 25.3 Å². The topological polar surface area (TPSA) is 37.4 Å². The summed E-state index contributed by atoms with van der Waals surface area (Å²) in [7, 11) is -3.66. The number of rotatable bonds is 7. The summed E-state index contributed by atoms with van der Waals surface area (Å²) in [6.45, 7) is 5.81. The zero-order valence-corrected chi connectivity index (χ0v) is 16.8. The molecule has 0 spiro atoms. The maximum Gasteiger partial charge on any atom is 0.243 e. The lowest BCUT2D eigenvalue weighted by Gasteiger charge is -2.25. The Labute approximate surface area is 163 Å². The molecule has 0 aliphatic rings. The van der Waals surface area contributed by atoms with Crippen LogP contribution in [0.15, 0.2) is 77.2 Å². The minimum Gasteiger partial charge on any atom is -0.207 e. The van der Waals surface area contributed by atoms with Gasteiger partial charge in [0.1, 0.15) is 0 Å². The highest BCUT2D eigenvalue weighted by Crippen LogP contribution is 2.20. The van der Waals surface area contributed by atoms with Crippen LogP contribution in [0, 0.1) is 19.3 Å². The van der Waals surface area contributed by atoms with Gasteiger partial charge in [0.15, 0.2) is 0 Å². The molecule has 0 aliphatic heterocycles. The molecular formula is C23H25NO2S. The summed E-state index contributed by atoms with van der Waals surface area (Å²) in [5, 5.41) is 0. The molecule has 0 saturated carbocycles. The fourth-order valence-electron chi connectivity index (χ4n) is 2.68. The summed E-state index contributed by atoms with van der Waals surface area (Å²) >= 11 is 0. The summed E-state index contributed by atoms with van der Waals surface area (Å²) in [6.07, 6.45) is 11.0. The first-order valence-electron chi connectivity index (χ1n) is 8.79. The average Bonchev–Trinajstić information content (AvgIpc) is 2.66. The van der Waals surface area contributed by atoms with Crippen LogP contribution in [0.25, 0.3) is 6.08 Å². The molecule has 0 saturated heterocycles. The molecule has 0 amide bonds. The van der Waals surface area contributed by atoms with Crippen molar-refractivity contribution in [1.29, 1.82) is 0 Å². The van der Waals surface area contributed by atoms with Gasteiger partial charge in [0, 0.05) is 12.6 Å². The monoisotopic (exact) mass is 379 g/mol. The Morgan fingerprint density at radius 3 is 2.37 bits per heavy atom. The van der Waals surface area contributed by atoms with Gasteiger partial charge in [0.05, 0.1) is 4.90 Å². The lowest BCUT2D eigenvalue weighted by Crippen LogP contribution is -2.37. The number of benzene rings is 2. The molecule has 27 heavy (non-hydrogen) atoms. The Morgan fingerprint density at radius 2 is 1.78 bits per heavy atom. The van der Waals surface area contributed by atoms with Crippen molar-refractivity contribution in [2.75, 3.05) is 6.54 Å². The highest BCUT2D eigenvalue weighted by molar-refractivity contribution is 7.89. The van der Waals surface area contributed by atoms with Gasteiger partial charge in [-0.25, -0.2) is 8.42 Å². The normalized spacial score (nSPS) is 13.7. The van der Waals surface area contributed by atoms with E-state index < -0.39 is 10.0 Å². The number of terminal acetylenes is 1. The maximum absolute atomic E-state index is 13.2. The lowest BCUT2D eigenvalue weighted by molar-refractivity contribution is 0.407. The molecule has 0 aromatic heterocycles. The van der Waals surface area contributed by atoms with Crippen LogP contribution < -0.4 is 0 Å². The van der Waals surface area contributed by atoms with E-state index in [0.29, 0.717) is 5.57 Å². The van der Waals surface area contributed by atoms with Crippen molar-refractivity contribution < 1.29 is 8.42 Å². The van der Waals surface area contributed by atoms with Crippen molar-refractivity contribution in [2.45, 2.75) is 31.7 Å². The third-order valence-corrected chi connectivity index (χ3v) is 6.16.